The quantitative estimate of drug-likeness (QED) is 0.864. The molecule has 0 aliphatic carbocycles. The zero-order valence-corrected chi connectivity index (χ0v) is 12.9. The number of hydrogen-bond donors (Lipinski definition) is 1. The molecule has 5 heteroatoms. The first-order valence-corrected chi connectivity index (χ1v) is 6.67. The van der Waals surface area contributed by atoms with Gasteiger partial charge < -0.3 is 10.1 Å². The number of methoxy groups -OCH3 is 1. The number of nitrogens with zero attached hydrogens (tertiary/aromatic N) is 2. The summed E-state index contributed by atoms with van der Waals surface area (Å²) in [5.74, 6) is 0. The van der Waals surface area contributed by atoms with Gasteiger partial charge >= 0.3 is 0 Å². The molecule has 0 radical (unpaired) electrons. The maximum Gasteiger partial charge on any atom is 0.0850 e. The molecule has 0 saturated heterocycles. The Hall–Kier alpha value is -0.580. The molecule has 4 nitrogen and oxygen atoms in total. The Morgan fingerprint density at radius 3 is 2.50 bits per heavy atom. The highest BCUT2D eigenvalue weighted by Gasteiger charge is 2.30. The second-order valence-electron chi connectivity index (χ2n) is 5.04. The molecular weight excluding hydrogens is 250 g/mol. The van der Waals surface area contributed by atoms with Gasteiger partial charge in [0.15, 0.2) is 0 Å². The fourth-order valence-electron chi connectivity index (χ4n) is 2.07. The summed E-state index contributed by atoms with van der Waals surface area (Å²) < 4.78 is 7.41. The smallest absolute Gasteiger partial charge is 0.0850 e. The first-order chi connectivity index (χ1) is 8.37. The summed E-state index contributed by atoms with van der Waals surface area (Å²) in [6.07, 6.45) is 1.64. The van der Waals surface area contributed by atoms with Gasteiger partial charge in [-0.05, 0) is 27.3 Å². The number of ether oxygens (including phenoxy) is 1. The van der Waals surface area contributed by atoms with Gasteiger partial charge in [0.1, 0.15) is 0 Å². The van der Waals surface area contributed by atoms with E-state index in [4.69, 9.17) is 16.3 Å². The Morgan fingerprint density at radius 1 is 1.50 bits per heavy atom. The Labute approximate surface area is 115 Å². The highest BCUT2D eigenvalue weighted by molar-refractivity contribution is 6.31. The van der Waals surface area contributed by atoms with Crippen LogP contribution in [0.25, 0.3) is 0 Å². The van der Waals surface area contributed by atoms with Crippen LogP contribution in [0, 0.1) is 0 Å². The van der Waals surface area contributed by atoms with Crippen molar-refractivity contribution in [2.24, 2.45) is 7.05 Å². The molecule has 1 heterocycles. The molecule has 0 bridgehead atoms. The van der Waals surface area contributed by atoms with Gasteiger partial charge in [-0.3, -0.25) is 4.68 Å². The van der Waals surface area contributed by atoms with Gasteiger partial charge in [-0.25, -0.2) is 0 Å². The summed E-state index contributed by atoms with van der Waals surface area (Å²) in [5, 5.41) is 8.52. The van der Waals surface area contributed by atoms with Crippen LogP contribution in [-0.4, -0.2) is 35.6 Å². The minimum absolute atomic E-state index is 0.181. The van der Waals surface area contributed by atoms with Gasteiger partial charge in [-0.1, -0.05) is 18.5 Å². The molecule has 0 aliphatic heterocycles. The van der Waals surface area contributed by atoms with Gasteiger partial charge in [0.05, 0.1) is 22.0 Å². The van der Waals surface area contributed by atoms with Gasteiger partial charge in [0.25, 0.3) is 0 Å². The van der Waals surface area contributed by atoms with E-state index >= 15 is 0 Å². The minimum Gasteiger partial charge on any atom is -0.377 e. The van der Waals surface area contributed by atoms with Crippen molar-refractivity contribution in [3.63, 3.8) is 0 Å². The lowest BCUT2D eigenvalue weighted by atomic mass is 9.94. The van der Waals surface area contributed by atoms with Crippen molar-refractivity contribution in [3.8, 4) is 0 Å². The van der Waals surface area contributed by atoms with Crippen LogP contribution < -0.4 is 5.32 Å². The number of hydrogen-bond acceptors (Lipinski definition) is 3. The molecule has 0 fully saturated rings. The molecule has 1 atom stereocenters. The monoisotopic (exact) mass is 273 g/mol. The molecule has 1 N–H and O–H groups in total. The summed E-state index contributed by atoms with van der Waals surface area (Å²) in [6, 6.07) is 0.181. The van der Waals surface area contributed by atoms with Crippen molar-refractivity contribution in [1.29, 1.82) is 0 Å². The first-order valence-electron chi connectivity index (χ1n) is 6.30. The molecule has 1 unspecified atom stereocenters. The van der Waals surface area contributed by atoms with E-state index in [-0.39, 0.29) is 11.6 Å². The van der Waals surface area contributed by atoms with Crippen LogP contribution in [0.4, 0.5) is 0 Å². The third kappa shape index (κ3) is 3.05. The standard InChI is InChI=1S/C13H24ClN3O/c1-7-9-12(14)10(17(5)16-9)8-11(15-4)13(2,3)18-6/h11,15H,7-8H2,1-6H3. The van der Waals surface area contributed by atoms with E-state index in [0.717, 1.165) is 29.3 Å². The second-order valence-corrected chi connectivity index (χ2v) is 5.42. The largest absolute Gasteiger partial charge is 0.377 e. The zero-order valence-electron chi connectivity index (χ0n) is 12.2. The third-order valence-corrected chi connectivity index (χ3v) is 4.05. The number of halogens is 1. The fourth-order valence-corrected chi connectivity index (χ4v) is 2.44. The maximum atomic E-state index is 6.37. The molecule has 1 rings (SSSR count). The average molecular weight is 274 g/mol. The van der Waals surface area contributed by atoms with Crippen LogP contribution in [0.1, 0.15) is 32.2 Å². The van der Waals surface area contributed by atoms with Crippen molar-refractivity contribution < 1.29 is 4.74 Å². The van der Waals surface area contributed by atoms with Crippen molar-refractivity contribution in [2.45, 2.75) is 45.3 Å². The Bertz CT molecular complexity index is 401. The van der Waals surface area contributed by atoms with Crippen molar-refractivity contribution in [3.05, 3.63) is 16.4 Å². The Balaban J connectivity index is 2.99. The summed E-state index contributed by atoms with van der Waals surface area (Å²) in [6.45, 7) is 6.20. The minimum atomic E-state index is -0.255. The van der Waals surface area contributed by atoms with Crippen LogP contribution in [0.3, 0.4) is 0 Å². The summed E-state index contributed by atoms with van der Waals surface area (Å²) in [4.78, 5) is 0. The second kappa shape index (κ2) is 6.04. The molecule has 0 aromatic carbocycles. The molecule has 0 saturated carbocycles. The maximum absolute atomic E-state index is 6.37. The molecule has 0 aliphatic rings. The predicted octanol–water partition coefficient (Wildman–Crippen LogP) is 2.19. The number of nitrogens with one attached hydrogen (secondary N) is 1. The lowest BCUT2D eigenvalue weighted by Gasteiger charge is -2.33. The summed E-state index contributed by atoms with van der Waals surface area (Å²) >= 11 is 6.37. The van der Waals surface area contributed by atoms with Crippen molar-refractivity contribution >= 4 is 11.6 Å². The lowest BCUT2D eigenvalue weighted by molar-refractivity contribution is -0.00840. The summed E-state index contributed by atoms with van der Waals surface area (Å²) in [7, 11) is 5.61. The Kier molecular flexibility index (Phi) is 5.20. The van der Waals surface area contributed by atoms with E-state index in [2.05, 4.69) is 31.2 Å². The van der Waals surface area contributed by atoms with Crippen LogP contribution in [0.2, 0.25) is 5.02 Å². The number of aromatic nitrogens is 2. The van der Waals surface area contributed by atoms with Gasteiger partial charge in [-0.2, -0.15) is 5.10 Å². The van der Waals surface area contributed by atoms with E-state index in [0.29, 0.717) is 0 Å². The SMILES string of the molecule is CCc1nn(C)c(CC(NC)C(C)(C)OC)c1Cl. The van der Waals surface area contributed by atoms with Crippen molar-refractivity contribution in [1.82, 2.24) is 15.1 Å². The van der Waals surface area contributed by atoms with E-state index in [9.17, 15) is 0 Å². The molecule has 18 heavy (non-hydrogen) atoms. The molecule has 0 amide bonds. The van der Waals surface area contributed by atoms with E-state index in [1.807, 2.05) is 18.8 Å². The highest BCUT2D eigenvalue weighted by atomic mass is 35.5. The molecule has 104 valence electrons. The van der Waals surface area contributed by atoms with E-state index in [1.54, 1.807) is 7.11 Å². The molecule has 0 spiro atoms. The van der Waals surface area contributed by atoms with Gasteiger partial charge in [0, 0.05) is 26.6 Å². The average Bonchev–Trinajstić information content (AvgIpc) is 2.61. The molecular formula is C13H24ClN3O. The fraction of sp³-hybridized carbons (Fsp3) is 0.769. The molecule has 1 aromatic heterocycles. The molecule has 1 aromatic rings. The Morgan fingerprint density at radius 2 is 2.11 bits per heavy atom. The van der Waals surface area contributed by atoms with E-state index < -0.39 is 0 Å². The topological polar surface area (TPSA) is 39.1 Å². The number of rotatable bonds is 6. The number of likely N-dealkylation sites (N-methyl/N-ethyl adjacent to an activating group) is 1. The predicted molar refractivity (Wildman–Crippen MR) is 75.2 cm³/mol. The van der Waals surface area contributed by atoms with Crippen LogP contribution in [-0.2, 0) is 24.6 Å². The van der Waals surface area contributed by atoms with Crippen LogP contribution in [0.15, 0.2) is 0 Å². The zero-order chi connectivity index (χ0) is 13.9. The number of aryl methyl sites for hydroxylation is 2. The van der Waals surface area contributed by atoms with Crippen molar-refractivity contribution in [2.75, 3.05) is 14.2 Å². The van der Waals surface area contributed by atoms with E-state index in [1.165, 1.54) is 0 Å². The van der Waals surface area contributed by atoms with Crippen LogP contribution in [0.5, 0.6) is 0 Å². The van der Waals surface area contributed by atoms with Crippen LogP contribution >= 0.6 is 11.6 Å². The third-order valence-electron chi connectivity index (χ3n) is 3.61. The highest BCUT2D eigenvalue weighted by Crippen LogP contribution is 2.25. The first kappa shape index (κ1) is 15.5. The summed E-state index contributed by atoms with van der Waals surface area (Å²) in [5.41, 5.74) is 1.76. The normalized spacial score (nSPS) is 13.9. The van der Waals surface area contributed by atoms with Gasteiger partial charge in [-0.15, -0.1) is 0 Å². The van der Waals surface area contributed by atoms with Gasteiger partial charge in [0.2, 0.25) is 0 Å². The lowest BCUT2D eigenvalue weighted by Crippen LogP contribution is -2.48.